The average Bonchev–Trinajstić information content (AvgIpc) is 2.33. The van der Waals surface area contributed by atoms with Crippen molar-refractivity contribution in [1.29, 1.82) is 0 Å². The van der Waals surface area contributed by atoms with E-state index in [9.17, 15) is 14.4 Å². The highest BCUT2D eigenvalue weighted by Crippen LogP contribution is 2.17. The van der Waals surface area contributed by atoms with Crippen LogP contribution < -0.4 is 0 Å². The summed E-state index contributed by atoms with van der Waals surface area (Å²) in [7, 11) is 0. The van der Waals surface area contributed by atoms with Crippen LogP contribution in [0.4, 0.5) is 0 Å². The van der Waals surface area contributed by atoms with E-state index in [4.69, 9.17) is 5.11 Å². The molecule has 0 aliphatic rings. The number of unbranched alkanes of at least 4 members (excludes halogenated alkanes) is 2. The van der Waals surface area contributed by atoms with Gasteiger partial charge in [0.25, 0.3) is 0 Å². The minimum Gasteiger partial charge on any atom is -0.481 e. The quantitative estimate of drug-likeness (QED) is 0.500. The minimum atomic E-state index is -0.670. The smallest absolute Gasteiger partial charge is 0.306 e. The van der Waals surface area contributed by atoms with Gasteiger partial charge in [-0.2, -0.15) is 0 Å². The summed E-state index contributed by atoms with van der Waals surface area (Å²) >= 11 is 0. The Morgan fingerprint density at radius 2 is 1.19 bits per heavy atom. The van der Waals surface area contributed by atoms with Gasteiger partial charge >= 0.3 is 5.97 Å². The van der Waals surface area contributed by atoms with Gasteiger partial charge in [0.15, 0.2) is 0 Å². The number of carbonyl (C=O) groups is 3. The summed E-state index contributed by atoms with van der Waals surface area (Å²) in [5.41, 5.74) is 0.672. The molecule has 0 unspecified atom stereocenters. The van der Waals surface area contributed by atoms with E-state index in [2.05, 4.69) is 55.4 Å². The van der Waals surface area contributed by atoms with Crippen molar-refractivity contribution in [2.24, 2.45) is 16.7 Å². The largest absolute Gasteiger partial charge is 0.481 e. The number of hydrogen-bond acceptors (Lipinski definition) is 3. The Hall–Kier alpha value is -1.19. The maximum Gasteiger partial charge on any atom is 0.306 e. The van der Waals surface area contributed by atoms with Crippen LogP contribution in [0.3, 0.4) is 0 Å². The summed E-state index contributed by atoms with van der Waals surface area (Å²) in [6.07, 6.45) is 4.87. The van der Waals surface area contributed by atoms with Crippen LogP contribution in [0, 0.1) is 16.7 Å². The van der Waals surface area contributed by atoms with Crippen LogP contribution in [-0.4, -0.2) is 22.6 Å². The van der Waals surface area contributed by atoms with Crippen molar-refractivity contribution in [3.63, 3.8) is 0 Å². The van der Waals surface area contributed by atoms with Crippen molar-refractivity contribution in [2.75, 3.05) is 0 Å². The Bertz CT molecular complexity index is 374. The fourth-order valence-corrected chi connectivity index (χ4v) is 1.57. The van der Waals surface area contributed by atoms with Gasteiger partial charge in [0.05, 0.1) is 5.92 Å². The molecule has 0 bridgehead atoms. The topological polar surface area (TPSA) is 71.4 Å². The molecular formula is C23H48O4. The van der Waals surface area contributed by atoms with Crippen LogP contribution in [0.25, 0.3) is 0 Å². The molecule has 0 aromatic carbocycles. The Morgan fingerprint density at radius 1 is 0.852 bits per heavy atom. The zero-order valence-corrected chi connectivity index (χ0v) is 20.3. The second-order valence-electron chi connectivity index (χ2n) is 10.1. The number of carboxylic acid groups (broad SMARTS) is 1. The Balaban J connectivity index is -0.000000139. The summed E-state index contributed by atoms with van der Waals surface area (Å²) in [5.74, 6) is -0.389. The first-order chi connectivity index (χ1) is 11.8. The number of hydrogen-bond donors (Lipinski definition) is 1. The summed E-state index contributed by atoms with van der Waals surface area (Å²) in [5, 5.41) is 8.48. The molecule has 0 amide bonds. The Labute approximate surface area is 169 Å². The lowest BCUT2D eigenvalue weighted by Crippen LogP contribution is -2.09. The second kappa shape index (κ2) is 18.2. The molecule has 4 nitrogen and oxygen atoms in total. The minimum absolute atomic E-state index is 0.161. The molecule has 0 aliphatic carbocycles. The number of carboxylic acids is 1. The summed E-state index contributed by atoms with van der Waals surface area (Å²) in [4.78, 5) is 30.2. The Morgan fingerprint density at radius 3 is 1.33 bits per heavy atom. The lowest BCUT2D eigenvalue weighted by atomic mass is 9.91. The highest BCUT2D eigenvalue weighted by molar-refractivity contribution is 5.76. The molecule has 0 aromatic heterocycles. The average molecular weight is 389 g/mol. The number of ketones is 2. The van der Waals surface area contributed by atoms with Crippen molar-refractivity contribution < 1.29 is 19.5 Å². The van der Waals surface area contributed by atoms with E-state index in [0.29, 0.717) is 11.8 Å². The molecule has 0 radical (unpaired) electrons. The molecule has 4 heteroatoms. The molecule has 0 aliphatic heterocycles. The molecule has 0 rings (SSSR count). The van der Waals surface area contributed by atoms with Crippen LogP contribution in [0.15, 0.2) is 0 Å². The van der Waals surface area contributed by atoms with Crippen molar-refractivity contribution in [2.45, 2.75) is 115 Å². The molecule has 0 heterocycles. The van der Waals surface area contributed by atoms with Gasteiger partial charge in [-0.1, -0.05) is 81.6 Å². The van der Waals surface area contributed by atoms with Gasteiger partial charge in [0.2, 0.25) is 0 Å². The molecule has 164 valence electrons. The summed E-state index contributed by atoms with van der Waals surface area (Å²) in [6.45, 7) is 23.5. The molecule has 0 aromatic rings. The van der Waals surface area contributed by atoms with E-state index >= 15 is 0 Å². The SMILES string of the molecule is CC(=O)CC(C)(C)C.CC(C)(C)C.CC(C)=O.CCCCC[C@H](C)C(=O)O. The van der Waals surface area contributed by atoms with E-state index in [1.807, 2.05) is 0 Å². The number of aliphatic carboxylic acids is 1. The van der Waals surface area contributed by atoms with Gasteiger partial charge in [0, 0.05) is 6.42 Å². The van der Waals surface area contributed by atoms with E-state index in [1.54, 1.807) is 13.8 Å². The van der Waals surface area contributed by atoms with E-state index < -0.39 is 5.97 Å². The number of rotatable bonds is 6. The van der Waals surface area contributed by atoms with Crippen LogP contribution in [0.5, 0.6) is 0 Å². The van der Waals surface area contributed by atoms with Gasteiger partial charge in [-0.25, -0.2) is 0 Å². The van der Waals surface area contributed by atoms with Gasteiger partial charge in [-0.3, -0.25) is 4.79 Å². The van der Waals surface area contributed by atoms with Crippen LogP contribution in [0.1, 0.15) is 115 Å². The van der Waals surface area contributed by atoms with Crippen LogP contribution >= 0.6 is 0 Å². The monoisotopic (exact) mass is 388 g/mol. The molecule has 0 saturated heterocycles. The Kier molecular flexibility index (Phi) is 22.5. The fraction of sp³-hybridized carbons (Fsp3) is 0.870. The van der Waals surface area contributed by atoms with Crippen LogP contribution in [-0.2, 0) is 14.4 Å². The zero-order valence-electron chi connectivity index (χ0n) is 20.3. The maximum absolute atomic E-state index is 10.5. The highest BCUT2D eigenvalue weighted by atomic mass is 16.4. The lowest BCUT2D eigenvalue weighted by Gasteiger charge is -2.14. The van der Waals surface area contributed by atoms with Crippen molar-refractivity contribution in [3.8, 4) is 0 Å². The zero-order chi connectivity index (χ0) is 22.8. The predicted octanol–water partition coefficient (Wildman–Crippen LogP) is 6.95. The first-order valence-corrected chi connectivity index (χ1v) is 10.0. The molecule has 1 N–H and O–H groups in total. The summed E-state index contributed by atoms with van der Waals surface area (Å²) in [6, 6.07) is 0. The normalized spacial score (nSPS) is 11.4. The molecule has 0 saturated carbocycles. The van der Waals surface area contributed by atoms with E-state index in [1.165, 1.54) is 13.8 Å². The first-order valence-electron chi connectivity index (χ1n) is 10.0. The lowest BCUT2D eigenvalue weighted by molar-refractivity contribution is -0.141. The fourth-order valence-electron chi connectivity index (χ4n) is 1.57. The molecule has 1 atom stereocenters. The van der Waals surface area contributed by atoms with E-state index in [-0.39, 0.29) is 22.9 Å². The number of Topliss-reactive ketones (excluding diaryl/α,β-unsaturated/α-hetero) is 2. The van der Waals surface area contributed by atoms with Gasteiger partial charge < -0.3 is 14.7 Å². The molecular weight excluding hydrogens is 340 g/mol. The van der Waals surface area contributed by atoms with Gasteiger partial charge in [-0.15, -0.1) is 0 Å². The first kappa shape index (κ1) is 33.4. The maximum atomic E-state index is 10.5. The predicted molar refractivity (Wildman–Crippen MR) is 117 cm³/mol. The second-order valence-corrected chi connectivity index (χ2v) is 10.1. The van der Waals surface area contributed by atoms with Gasteiger partial charge in [-0.05, 0) is 38.0 Å². The third-order valence-electron chi connectivity index (χ3n) is 2.44. The standard InChI is InChI=1S/C8H16O2.C7H14O.C5H12.C3H6O/c1-3-4-5-6-7(2)8(9)10;1-6(8)5-7(2,3)4;1-5(2,3)4;1-3(2)4/h7H,3-6H2,1-2H3,(H,9,10);5H2,1-4H3;1-4H3;1-2H3/t7-;;;/m0.../s1. The number of carbonyl (C=O) groups excluding carboxylic acids is 2. The highest BCUT2D eigenvalue weighted by Gasteiger charge is 2.11. The van der Waals surface area contributed by atoms with E-state index in [0.717, 1.165) is 25.7 Å². The molecule has 0 fully saturated rings. The third-order valence-corrected chi connectivity index (χ3v) is 2.44. The van der Waals surface area contributed by atoms with Crippen molar-refractivity contribution >= 4 is 17.5 Å². The van der Waals surface area contributed by atoms with Crippen molar-refractivity contribution in [1.82, 2.24) is 0 Å². The van der Waals surface area contributed by atoms with Gasteiger partial charge in [0.1, 0.15) is 11.6 Å². The molecule has 27 heavy (non-hydrogen) atoms. The third kappa shape index (κ3) is 78.7. The van der Waals surface area contributed by atoms with Crippen molar-refractivity contribution in [3.05, 3.63) is 0 Å². The van der Waals surface area contributed by atoms with Crippen LogP contribution in [0.2, 0.25) is 0 Å². The molecule has 0 spiro atoms. The summed E-state index contributed by atoms with van der Waals surface area (Å²) < 4.78 is 0.